The fraction of sp³-hybridized carbons (Fsp3) is 0.188. The Labute approximate surface area is 154 Å². The van der Waals surface area contributed by atoms with Crippen molar-refractivity contribution in [1.29, 1.82) is 0 Å². The predicted octanol–water partition coefficient (Wildman–Crippen LogP) is 1.54. The van der Waals surface area contributed by atoms with E-state index in [0.29, 0.717) is 16.6 Å². The number of benzene rings is 1. The zero-order valence-electron chi connectivity index (χ0n) is 14.0. The normalized spacial score (nSPS) is 15.5. The lowest BCUT2D eigenvalue weighted by atomic mass is 10.1. The molecule has 2 aromatic rings. The molecule has 10 heteroatoms. The molecule has 1 N–H and O–H groups in total. The Morgan fingerprint density at radius 1 is 1.46 bits per heavy atom. The Morgan fingerprint density at radius 3 is 2.81 bits per heavy atom. The summed E-state index contributed by atoms with van der Waals surface area (Å²) < 4.78 is 6.80. The van der Waals surface area contributed by atoms with Crippen LogP contribution < -0.4 is 10.1 Å². The highest BCUT2D eigenvalue weighted by Gasteiger charge is 2.27. The van der Waals surface area contributed by atoms with E-state index in [9.17, 15) is 14.9 Å². The third-order valence-corrected chi connectivity index (χ3v) is 4.24. The van der Waals surface area contributed by atoms with Gasteiger partial charge in [0.2, 0.25) is 0 Å². The highest BCUT2D eigenvalue weighted by Crippen LogP contribution is 2.23. The number of likely N-dealkylation sites (N-methyl/N-ethyl adjacent to an activating group) is 1. The van der Waals surface area contributed by atoms with E-state index >= 15 is 0 Å². The average Bonchev–Trinajstić information content (AvgIpc) is 3.17. The molecule has 1 aliphatic rings. The van der Waals surface area contributed by atoms with Crippen LogP contribution in [0.2, 0.25) is 0 Å². The predicted molar refractivity (Wildman–Crippen MR) is 97.5 cm³/mol. The first-order valence-corrected chi connectivity index (χ1v) is 7.94. The minimum atomic E-state index is -0.502. The zero-order valence-corrected chi connectivity index (χ0v) is 14.8. The van der Waals surface area contributed by atoms with Crippen molar-refractivity contribution in [3.05, 3.63) is 57.5 Å². The molecule has 1 fully saturated rings. The minimum absolute atomic E-state index is 0.0838. The summed E-state index contributed by atoms with van der Waals surface area (Å²) in [6.45, 7) is 0.285. The molecular formula is C16H15N5O4S. The molecule has 1 aromatic carbocycles. The molecule has 0 aliphatic carbocycles. The van der Waals surface area contributed by atoms with Crippen molar-refractivity contribution < 1.29 is 14.5 Å². The van der Waals surface area contributed by atoms with Crippen molar-refractivity contribution in [2.75, 3.05) is 14.2 Å². The number of thiocarbonyl (C=S) groups is 1. The number of hydrogen-bond donors (Lipinski definition) is 1. The summed E-state index contributed by atoms with van der Waals surface area (Å²) in [7, 11) is 3.14. The molecule has 134 valence electrons. The fourth-order valence-corrected chi connectivity index (χ4v) is 2.70. The molecule has 1 saturated heterocycles. The largest absolute Gasteiger partial charge is 0.496 e. The summed E-state index contributed by atoms with van der Waals surface area (Å²) in [5.74, 6) is 0.402. The summed E-state index contributed by atoms with van der Waals surface area (Å²) in [4.78, 5) is 23.7. The van der Waals surface area contributed by atoms with Crippen LogP contribution in [0.5, 0.6) is 5.75 Å². The van der Waals surface area contributed by atoms with Crippen LogP contribution in [0.25, 0.3) is 6.08 Å². The number of rotatable bonds is 5. The van der Waals surface area contributed by atoms with Crippen molar-refractivity contribution in [1.82, 2.24) is 20.0 Å². The Morgan fingerprint density at radius 2 is 2.23 bits per heavy atom. The molecule has 0 bridgehead atoms. The van der Waals surface area contributed by atoms with Crippen molar-refractivity contribution in [2.45, 2.75) is 6.54 Å². The summed E-state index contributed by atoms with van der Waals surface area (Å²) in [5, 5.41) is 18.0. The molecule has 1 amide bonds. The SMILES string of the molecule is COc1ccc(/C=C2/NC(=S)N(C)C2=O)cc1Cn1cc([N+](=O)[O-])cn1. The number of nitrogens with one attached hydrogen (secondary N) is 1. The van der Waals surface area contributed by atoms with Gasteiger partial charge in [-0.2, -0.15) is 5.10 Å². The lowest BCUT2D eigenvalue weighted by Crippen LogP contribution is -2.25. The van der Waals surface area contributed by atoms with Gasteiger partial charge in [0.25, 0.3) is 5.91 Å². The van der Waals surface area contributed by atoms with Gasteiger partial charge >= 0.3 is 5.69 Å². The Bertz CT molecular complexity index is 936. The lowest BCUT2D eigenvalue weighted by molar-refractivity contribution is -0.385. The monoisotopic (exact) mass is 373 g/mol. The number of aromatic nitrogens is 2. The summed E-state index contributed by atoms with van der Waals surface area (Å²) >= 11 is 5.05. The van der Waals surface area contributed by atoms with Crippen LogP contribution >= 0.6 is 12.2 Å². The molecule has 26 heavy (non-hydrogen) atoms. The number of amides is 1. The van der Waals surface area contributed by atoms with Gasteiger partial charge in [-0.05, 0) is 36.0 Å². The van der Waals surface area contributed by atoms with E-state index in [2.05, 4.69) is 10.4 Å². The third kappa shape index (κ3) is 3.40. The van der Waals surface area contributed by atoms with Gasteiger partial charge < -0.3 is 10.1 Å². The molecule has 2 heterocycles. The smallest absolute Gasteiger partial charge is 0.307 e. The standard InChI is InChI=1S/C16H15N5O4S/c1-19-15(22)13(18-16(19)26)6-10-3-4-14(25-2)11(5-10)8-20-9-12(7-17-20)21(23)24/h3-7,9H,8H2,1-2H3,(H,18,26)/b13-6+. The maximum Gasteiger partial charge on any atom is 0.307 e. The highest BCUT2D eigenvalue weighted by atomic mass is 32.1. The summed E-state index contributed by atoms with van der Waals surface area (Å²) in [5.41, 5.74) is 1.82. The van der Waals surface area contributed by atoms with Crippen LogP contribution in [0.1, 0.15) is 11.1 Å². The minimum Gasteiger partial charge on any atom is -0.496 e. The van der Waals surface area contributed by atoms with E-state index in [1.54, 1.807) is 25.3 Å². The number of ether oxygens (including phenoxy) is 1. The molecule has 0 radical (unpaired) electrons. The van der Waals surface area contributed by atoms with Gasteiger partial charge in [0, 0.05) is 12.6 Å². The van der Waals surface area contributed by atoms with Crippen LogP contribution in [0.15, 0.2) is 36.3 Å². The molecule has 0 spiro atoms. The quantitative estimate of drug-likeness (QED) is 0.367. The number of nitrogens with zero attached hydrogens (tertiary/aromatic N) is 4. The summed E-state index contributed by atoms with van der Waals surface area (Å²) in [6, 6.07) is 5.40. The van der Waals surface area contributed by atoms with Crippen molar-refractivity contribution in [3.63, 3.8) is 0 Å². The first-order chi connectivity index (χ1) is 12.4. The van der Waals surface area contributed by atoms with Crippen LogP contribution in [0.3, 0.4) is 0 Å². The second-order valence-electron chi connectivity index (χ2n) is 5.58. The van der Waals surface area contributed by atoms with Crippen LogP contribution in [0, 0.1) is 10.1 Å². The fourth-order valence-electron chi connectivity index (χ4n) is 2.51. The van der Waals surface area contributed by atoms with Gasteiger partial charge in [-0.15, -0.1) is 0 Å². The number of carbonyl (C=O) groups is 1. The second kappa shape index (κ2) is 6.92. The van der Waals surface area contributed by atoms with Gasteiger partial charge in [0.1, 0.15) is 23.8 Å². The van der Waals surface area contributed by atoms with Gasteiger partial charge in [0.15, 0.2) is 5.11 Å². The van der Waals surface area contributed by atoms with Crippen molar-refractivity contribution >= 4 is 35.0 Å². The maximum absolute atomic E-state index is 12.1. The van der Waals surface area contributed by atoms with E-state index in [1.165, 1.54) is 29.1 Å². The Hall–Kier alpha value is -3.27. The van der Waals surface area contributed by atoms with Gasteiger partial charge in [0.05, 0.1) is 18.6 Å². The van der Waals surface area contributed by atoms with Gasteiger partial charge in [-0.25, -0.2) is 0 Å². The van der Waals surface area contributed by atoms with Crippen molar-refractivity contribution in [2.24, 2.45) is 0 Å². The molecule has 0 unspecified atom stereocenters. The third-order valence-electron chi connectivity index (χ3n) is 3.86. The molecule has 3 rings (SSSR count). The first-order valence-electron chi connectivity index (χ1n) is 7.53. The number of hydrogen-bond acceptors (Lipinski definition) is 6. The second-order valence-corrected chi connectivity index (χ2v) is 5.96. The van der Waals surface area contributed by atoms with Crippen LogP contribution in [0.4, 0.5) is 5.69 Å². The number of nitro groups is 1. The molecular weight excluding hydrogens is 358 g/mol. The van der Waals surface area contributed by atoms with E-state index in [1.807, 2.05) is 6.07 Å². The maximum atomic E-state index is 12.1. The van der Waals surface area contributed by atoms with E-state index in [0.717, 1.165) is 11.1 Å². The Balaban J connectivity index is 1.90. The van der Waals surface area contributed by atoms with E-state index in [4.69, 9.17) is 17.0 Å². The molecule has 1 aromatic heterocycles. The Kier molecular flexibility index (Phi) is 4.67. The summed E-state index contributed by atoms with van der Waals surface area (Å²) in [6.07, 6.45) is 4.23. The van der Waals surface area contributed by atoms with Gasteiger partial charge in [-0.1, -0.05) is 6.07 Å². The molecule has 9 nitrogen and oxygen atoms in total. The highest BCUT2D eigenvalue weighted by molar-refractivity contribution is 7.80. The van der Waals surface area contributed by atoms with Crippen LogP contribution in [-0.4, -0.2) is 44.8 Å². The lowest BCUT2D eigenvalue weighted by Gasteiger charge is -2.10. The zero-order chi connectivity index (χ0) is 18.8. The number of carbonyl (C=O) groups excluding carboxylic acids is 1. The van der Waals surface area contributed by atoms with Crippen molar-refractivity contribution in [3.8, 4) is 5.75 Å². The van der Waals surface area contributed by atoms with E-state index < -0.39 is 4.92 Å². The molecule has 1 aliphatic heterocycles. The number of methoxy groups -OCH3 is 1. The van der Waals surface area contributed by atoms with E-state index in [-0.39, 0.29) is 18.1 Å². The molecule has 0 saturated carbocycles. The molecule has 0 atom stereocenters. The van der Waals surface area contributed by atoms with Crippen LogP contribution in [-0.2, 0) is 11.3 Å². The topological polar surface area (TPSA) is 103 Å². The average molecular weight is 373 g/mol. The first kappa shape index (κ1) is 17.5. The van der Waals surface area contributed by atoms with Gasteiger partial charge in [-0.3, -0.25) is 24.5 Å².